The Kier molecular flexibility index (Phi) is 1.47. The normalized spacial score (nSPS) is 33.5. The highest BCUT2D eigenvalue weighted by atomic mass is 15.0. The van der Waals surface area contributed by atoms with Gasteiger partial charge in [0.05, 0.1) is 6.04 Å². The Hall–Kier alpha value is -1.16. The van der Waals surface area contributed by atoms with E-state index in [9.17, 15) is 0 Å². The molecule has 1 aliphatic heterocycles. The van der Waals surface area contributed by atoms with Crippen LogP contribution < -0.4 is 5.32 Å². The molecule has 0 amide bonds. The number of rotatable bonds is 0. The van der Waals surface area contributed by atoms with Gasteiger partial charge < -0.3 is 5.32 Å². The van der Waals surface area contributed by atoms with Gasteiger partial charge in [0.15, 0.2) is 0 Å². The number of hydrogen-bond donors (Lipinski definition) is 1. The van der Waals surface area contributed by atoms with Crippen molar-refractivity contribution >= 4 is 0 Å². The maximum Gasteiger partial charge on any atom is 0.0878 e. The SMILES string of the molecule is C#CC1CC2CC=CC=C2N1. The molecule has 1 N–H and O–H groups in total. The Labute approximate surface area is 67.2 Å². The van der Waals surface area contributed by atoms with E-state index in [2.05, 4.69) is 29.5 Å². The van der Waals surface area contributed by atoms with Crippen LogP contribution in [0.15, 0.2) is 23.9 Å². The summed E-state index contributed by atoms with van der Waals surface area (Å²) in [5.41, 5.74) is 1.33. The molecule has 2 aliphatic rings. The second-order valence-corrected chi connectivity index (χ2v) is 3.08. The van der Waals surface area contributed by atoms with Gasteiger partial charge in [-0.2, -0.15) is 0 Å². The number of nitrogens with one attached hydrogen (secondary N) is 1. The fraction of sp³-hybridized carbons (Fsp3) is 0.400. The highest BCUT2D eigenvalue weighted by molar-refractivity contribution is 5.26. The third kappa shape index (κ3) is 1.05. The zero-order valence-corrected chi connectivity index (χ0v) is 6.38. The minimum atomic E-state index is 0.270. The van der Waals surface area contributed by atoms with Crippen LogP contribution >= 0.6 is 0 Å². The van der Waals surface area contributed by atoms with E-state index >= 15 is 0 Å². The molecule has 0 aromatic carbocycles. The van der Waals surface area contributed by atoms with Gasteiger partial charge in [0.25, 0.3) is 0 Å². The van der Waals surface area contributed by atoms with Crippen molar-refractivity contribution in [3.05, 3.63) is 23.9 Å². The predicted molar refractivity (Wildman–Crippen MR) is 45.7 cm³/mol. The average Bonchev–Trinajstić information content (AvgIpc) is 2.46. The van der Waals surface area contributed by atoms with Crippen LogP contribution in [0.3, 0.4) is 0 Å². The molecule has 0 aromatic heterocycles. The van der Waals surface area contributed by atoms with Crippen molar-refractivity contribution in [2.45, 2.75) is 18.9 Å². The molecule has 1 heterocycles. The molecule has 1 fully saturated rings. The van der Waals surface area contributed by atoms with Crippen molar-refractivity contribution in [3.8, 4) is 12.3 Å². The lowest BCUT2D eigenvalue weighted by Crippen LogP contribution is -2.17. The van der Waals surface area contributed by atoms with E-state index in [1.807, 2.05) is 0 Å². The monoisotopic (exact) mass is 145 g/mol. The maximum atomic E-state index is 5.33. The van der Waals surface area contributed by atoms with Crippen LogP contribution in [0.4, 0.5) is 0 Å². The number of terminal acetylenes is 1. The van der Waals surface area contributed by atoms with Gasteiger partial charge in [-0.1, -0.05) is 18.1 Å². The molecule has 0 radical (unpaired) electrons. The number of allylic oxidation sites excluding steroid dienone is 4. The zero-order valence-electron chi connectivity index (χ0n) is 6.38. The van der Waals surface area contributed by atoms with Gasteiger partial charge >= 0.3 is 0 Å². The van der Waals surface area contributed by atoms with Crippen LogP contribution in [-0.4, -0.2) is 6.04 Å². The lowest BCUT2D eigenvalue weighted by atomic mass is 9.96. The van der Waals surface area contributed by atoms with Gasteiger partial charge in [-0.25, -0.2) is 0 Å². The molecule has 1 saturated heterocycles. The third-order valence-corrected chi connectivity index (χ3v) is 2.33. The second kappa shape index (κ2) is 2.47. The van der Waals surface area contributed by atoms with Gasteiger partial charge in [0.1, 0.15) is 0 Å². The van der Waals surface area contributed by atoms with Crippen molar-refractivity contribution < 1.29 is 0 Å². The van der Waals surface area contributed by atoms with Gasteiger partial charge in [-0.3, -0.25) is 0 Å². The van der Waals surface area contributed by atoms with Crippen LogP contribution in [0.25, 0.3) is 0 Å². The average molecular weight is 145 g/mol. The fourth-order valence-electron chi connectivity index (χ4n) is 1.72. The molecule has 1 nitrogen and oxygen atoms in total. The van der Waals surface area contributed by atoms with Crippen molar-refractivity contribution in [3.63, 3.8) is 0 Å². The molecule has 2 rings (SSSR count). The predicted octanol–water partition coefficient (Wildman–Crippen LogP) is 1.44. The van der Waals surface area contributed by atoms with Gasteiger partial charge in [0, 0.05) is 11.6 Å². The minimum absolute atomic E-state index is 0.270. The van der Waals surface area contributed by atoms with Gasteiger partial charge in [-0.15, -0.1) is 6.42 Å². The Morgan fingerprint density at radius 2 is 2.55 bits per heavy atom. The largest absolute Gasteiger partial charge is 0.375 e. The third-order valence-electron chi connectivity index (χ3n) is 2.33. The number of hydrogen-bond acceptors (Lipinski definition) is 1. The Morgan fingerprint density at radius 3 is 3.27 bits per heavy atom. The summed E-state index contributed by atoms with van der Waals surface area (Å²) in [6.07, 6.45) is 14.0. The second-order valence-electron chi connectivity index (χ2n) is 3.08. The zero-order chi connectivity index (χ0) is 7.68. The number of fused-ring (bicyclic) bond motifs is 1. The molecule has 56 valence electrons. The Balaban J connectivity index is 2.16. The molecular weight excluding hydrogens is 134 g/mol. The van der Waals surface area contributed by atoms with Crippen molar-refractivity contribution in [2.75, 3.05) is 0 Å². The summed E-state index contributed by atoms with van der Waals surface area (Å²) in [6, 6.07) is 0.270. The molecule has 0 spiro atoms. The molecule has 2 atom stereocenters. The minimum Gasteiger partial charge on any atom is -0.375 e. The first-order chi connectivity index (χ1) is 5.40. The van der Waals surface area contributed by atoms with E-state index in [0.717, 1.165) is 12.8 Å². The molecule has 0 aromatic rings. The first-order valence-corrected chi connectivity index (χ1v) is 3.99. The quantitative estimate of drug-likeness (QED) is 0.509. The van der Waals surface area contributed by atoms with Crippen LogP contribution in [0, 0.1) is 18.3 Å². The highest BCUT2D eigenvalue weighted by Gasteiger charge is 2.26. The summed E-state index contributed by atoms with van der Waals surface area (Å²) >= 11 is 0. The van der Waals surface area contributed by atoms with Crippen molar-refractivity contribution in [1.29, 1.82) is 0 Å². The summed E-state index contributed by atoms with van der Waals surface area (Å²) in [5.74, 6) is 3.41. The van der Waals surface area contributed by atoms with E-state index in [4.69, 9.17) is 6.42 Å². The summed E-state index contributed by atoms with van der Waals surface area (Å²) < 4.78 is 0. The van der Waals surface area contributed by atoms with E-state index in [-0.39, 0.29) is 6.04 Å². The summed E-state index contributed by atoms with van der Waals surface area (Å²) in [6.45, 7) is 0. The highest BCUT2D eigenvalue weighted by Crippen LogP contribution is 2.29. The topological polar surface area (TPSA) is 12.0 Å². The Morgan fingerprint density at radius 1 is 1.64 bits per heavy atom. The first kappa shape index (κ1) is 6.54. The molecule has 1 aliphatic carbocycles. The molecule has 2 unspecified atom stereocenters. The van der Waals surface area contributed by atoms with Gasteiger partial charge in [0.2, 0.25) is 0 Å². The summed E-state index contributed by atoms with van der Waals surface area (Å²) in [4.78, 5) is 0. The van der Waals surface area contributed by atoms with Crippen LogP contribution in [0.1, 0.15) is 12.8 Å². The molecule has 1 heteroatoms. The molecule has 11 heavy (non-hydrogen) atoms. The van der Waals surface area contributed by atoms with Crippen LogP contribution in [0.5, 0.6) is 0 Å². The Bertz CT molecular complexity index is 255. The van der Waals surface area contributed by atoms with E-state index in [1.165, 1.54) is 5.70 Å². The van der Waals surface area contributed by atoms with E-state index in [0.29, 0.717) is 5.92 Å². The summed E-state index contributed by atoms with van der Waals surface area (Å²) in [5, 5.41) is 3.32. The van der Waals surface area contributed by atoms with Crippen LogP contribution in [0.2, 0.25) is 0 Å². The van der Waals surface area contributed by atoms with Crippen LogP contribution in [-0.2, 0) is 0 Å². The molecule has 0 bridgehead atoms. The first-order valence-electron chi connectivity index (χ1n) is 3.99. The summed E-state index contributed by atoms with van der Waals surface area (Å²) in [7, 11) is 0. The van der Waals surface area contributed by atoms with Gasteiger partial charge in [-0.05, 0) is 18.9 Å². The molecule has 0 saturated carbocycles. The standard InChI is InChI=1S/C10H11N/c1-2-9-7-8-5-3-4-6-10(8)11-9/h1,3-4,6,8-9,11H,5,7H2. The van der Waals surface area contributed by atoms with Crippen molar-refractivity contribution in [2.24, 2.45) is 5.92 Å². The molecular formula is C10H11N. The van der Waals surface area contributed by atoms with Crippen molar-refractivity contribution in [1.82, 2.24) is 5.32 Å². The smallest absolute Gasteiger partial charge is 0.0878 e. The lowest BCUT2D eigenvalue weighted by Gasteiger charge is -2.10. The maximum absolute atomic E-state index is 5.33. The fourth-order valence-corrected chi connectivity index (χ4v) is 1.72. The lowest BCUT2D eigenvalue weighted by molar-refractivity contribution is 0.625. The van der Waals surface area contributed by atoms with E-state index in [1.54, 1.807) is 0 Å². The van der Waals surface area contributed by atoms with E-state index < -0.39 is 0 Å².